The Balaban J connectivity index is 1.93. The van der Waals surface area contributed by atoms with E-state index in [0.29, 0.717) is 29.0 Å². The van der Waals surface area contributed by atoms with Gasteiger partial charge in [-0.05, 0) is 44.5 Å². The molecule has 1 saturated heterocycles. The van der Waals surface area contributed by atoms with Gasteiger partial charge in [0, 0.05) is 25.2 Å². The van der Waals surface area contributed by atoms with Gasteiger partial charge in [0.25, 0.3) is 5.91 Å². The third-order valence-electron chi connectivity index (χ3n) is 3.65. The van der Waals surface area contributed by atoms with Crippen molar-refractivity contribution in [2.45, 2.75) is 19.8 Å². The number of amides is 1. The first-order valence-corrected chi connectivity index (χ1v) is 7.84. The molecule has 0 spiro atoms. The first-order chi connectivity index (χ1) is 10.1. The summed E-state index contributed by atoms with van der Waals surface area (Å²) in [5, 5.41) is 6.48. The Hall–Kier alpha value is -1.33. The molecule has 1 aromatic heterocycles. The van der Waals surface area contributed by atoms with E-state index in [4.69, 9.17) is 11.6 Å². The van der Waals surface area contributed by atoms with Crippen molar-refractivity contribution < 1.29 is 4.79 Å². The highest BCUT2D eigenvalue weighted by Gasteiger charge is 2.20. The van der Waals surface area contributed by atoms with Gasteiger partial charge in [-0.25, -0.2) is 4.98 Å². The van der Waals surface area contributed by atoms with Gasteiger partial charge in [0.1, 0.15) is 11.0 Å². The average Bonchev–Trinajstić information content (AvgIpc) is 2.87. The highest BCUT2D eigenvalue weighted by molar-refractivity contribution is 6.29. The molecular weight excluding hydrogens is 288 g/mol. The second kappa shape index (κ2) is 7.61. The number of nitrogens with one attached hydrogen (secondary N) is 2. The second-order valence-corrected chi connectivity index (χ2v) is 6.00. The van der Waals surface area contributed by atoms with E-state index >= 15 is 0 Å². The van der Waals surface area contributed by atoms with Crippen LogP contribution in [0.15, 0.2) is 12.1 Å². The number of carbonyl (C=O) groups is 1. The van der Waals surface area contributed by atoms with E-state index in [9.17, 15) is 4.79 Å². The van der Waals surface area contributed by atoms with Crippen LogP contribution in [0.5, 0.6) is 0 Å². The summed E-state index contributed by atoms with van der Waals surface area (Å²) in [6.45, 7) is 5.74. The van der Waals surface area contributed by atoms with Crippen LogP contribution in [-0.4, -0.2) is 49.0 Å². The predicted molar refractivity (Wildman–Crippen MR) is 86.0 cm³/mol. The zero-order valence-corrected chi connectivity index (χ0v) is 13.4. The minimum absolute atomic E-state index is 0.0894. The van der Waals surface area contributed by atoms with Gasteiger partial charge in [0.05, 0.1) is 0 Å². The van der Waals surface area contributed by atoms with E-state index in [-0.39, 0.29) is 5.91 Å². The van der Waals surface area contributed by atoms with Crippen LogP contribution in [0.1, 0.15) is 30.1 Å². The maximum Gasteiger partial charge on any atom is 0.251 e. The molecule has 0 saturated carbocycles. The van der Waals surface area contributed by atoms with Crippen molar-refractivity contribution >= 4 is 23.3 Å². The highest BCUT2D eigenvalue weighted by atomic mass is 35.5. The molecule has 2 rings (SSSR count). The van der Waals surface area contributed by atoms with Crippen molar-refractivity contribution in [3.8, 4) is 0 Å². The molecule has 0 aliphatic carbocycles. The average molecular weight is 311 g/mol. The highest BCUT2D eigenvalue weighted by Crippen LogP contribution is 2.16. The third kappa shape index (κ3) is 4.86. The molecule has 1 atom stereocenters. The summed E-state index contributed by atoms with van der Waals surface area (Å²) in [6, 6.07) is 3.35. The molecule has 6 heteroatoms. The number of rotatable bonds is 6. The Labute approximate surface area is 131 Å². The van der Waals surface area contributed by atoms with E-state index in [1.807, 2.05) is 0 Å². The number of likely N-dealkylation sites (tertiary alicyclic amines) is 1. The van der Waals surface area contributed by atoms with Crippen LogP contribution < -0.4 is 10.6 Å². The van der Waals surface area contributed by atoms with Gasteiger partial charge in [-0.3, -0.25) is 4.79 Å². The van der Waals surface area contributed by atoms with Crippen molar-refractivity contribution in [1.82, 2.24) is 15.2 Å². The standard InChI is InChI=1S/C15H23ClN4O/c1-3-5-17-14-8-12(7-13(16)19-14)15(21)18-9-11-4-6-20(2)10-11/h7-8,11H,3-6,9-10H2,1-2H3,(H,17,19)(H,18,21). The van der Waals surface area contributed by atoms with Gasteiger partial charge in [0.2, 0.25) is 0 Å². The maximum absolute atomic E-state index is 12.2. The number of nitrogens with zero attached hydrogens (tertiary/aromatic N) is 2. The Morgan fingerprint density at radius 1 is 1.52 bits per heavy atom. The Morgan fingerprint density at radius 3 is 3.00 bits per heavy atom. The Bertz CT molecular complexity index is 495. The summed E-state index contributed by atoms with van der Waals surface area (Å²) in [5.74, 6) is 1.09. The van der Waals surface area contributed by atoms with E-state index in [2.05, 4.69) is 34.5 Å². The molecule has 1 aliphatic heterocycles. The Kier molecular flexibility index (Phi) is 5.82. The lowest BCUT2D eigenvalue weighted by atomic mass is 10.1. The van der Waals surface area contributed by atoms with Crippen LogP contribution in [0.25, 0.3) is 0 Å². The lowest BCUT2D eigenvalue weighted by Crippen LogP contribution is -2.30. The fourth-order valence-corrected chi connectivity index (χ4v) is 2.71. The fraction of sp³-hybridized carbons (Fsp3) is 0.600. The summed E-state index contributed by atoms with van der Waals surface area (Å²) in [5.41, 5.74) is 0.556. The molecule has 2 N–H and O–H groups in total. The van der Waals surface area contributed by atoms with Crippen LogP contribution in [0.3, 0.4) is 0 Å². The van der Waals surface area contributed by atoms with Crippen LogP contribution >= 0.6 is 11.6 Å². The molecule has 1 fully saturated rings. The molecule has 2 heterocycles. The van der Waals surface area contributed by atoms with Crippen molar-refractivity contribution in [3.63, 3.8) is 0 Å². The van der Waals surface area contributed by atoms with Crippen LogP contribution in [-0.2, 0) is 0 Å². The second-order valence-electron chi connectivity index (χ2n) is 5.62. The van der Waals surface area contributed by atoms with Crippen LogP contribution in [0, 0.1) is 5.92 Å². The molecular formula is C15H23ClN4O. The molecule has 0 radical (unpaired) electrons. The first kappa shape index (κ1) is 16.0. The van der Waals surface area contributed by atoms with Crippen LogP contribution in [0.4, 0.5) is 5.82 Å². The fourth-order valence-electron chi connectivity index (χ4n) is 2.50. The smallest absolute Gasteiger partial charge is 0.251 e. The zero-order chi connectivity index (χ0) is 15.2. The minimum Gasteiger partial charge on any atom is -0.370 e. The number of anilines is 1. The summed E-state index contributed by atoms with van der Waals surface area (Å²) < 4.78 is 0. The quantitative estimate of drug-likeness (QED) is 0.791. The van der Waals surface area contributed by atoms with Gasteiger partial charge >= 0.3 is 0 Å². The largest absolute Gasteiger partial charge is 0.370 e. The molecule has 1 amide bonds. The molecule has 1 unspecified atom stereocenters. The number of aromatic nitrogens is 1. The van der Waals surface area contributed by atoms with Gasteiger partial charge < -0.3 is 15.5 Å². The zero-order valence-electron chi connectivity index (χ0n) is 12.7. The van der Waals surface area contributed by atoms with E-state index < -0.39 is 0 Å². The topological polar surface area (TPSA) is 57.3 Å². The molecule has 1 aromatic rings. The first-order valence-electron chi connectivity index (χ1n) is 7.46. The van der Waals surface area contributed by atoms with E-state index in [0.717, 1.165) is 32.5 Å². The predicted octanol–water partition coefficient (Wildman–Crippen LogP) is 2.24. The van der Waals surface area contributed by atoms with Crippen molar-refractivity contribution in [2.24, 2.45) is 5.92 Å². The maximum atomic E-state index is 12.2. The number of halogens is 1. The van der Waals surface area contributed by atoms with Gasteiger partial charge in [-0.15, -0.1) is 0 Å². The SMILES string of the molecule is CCCNc1cc(C(=O)NCC2CCN(C)C2)cc(Cl)n1. The number of hydrogen-bond donors (Lipinski definition) is 2. The molecule has 1 aliphatic rings. The van der Waals surface area contributed by atoms with E-state index in [1.54, 1.807) is 12.1 Å². The number of pyridine rings is 1. The summed E-state index contributed by atoms with van der Waals surface area (Å²) in [4.78, 5) is 18.7. The Morgan fingerprint density at radius 2 is 2.33 bits per heavy atom. The molecule has 0 bridgehead atoms. The van der Waals surface area contributed by atoms with Crippen molar-refractivity contribution in [2.75, 3.05) is 38.5 Å². The monoisotopic (exact) mass is 310 g/mol. The third-order valence-corrected chi connectivity index (χ3v) is 3.85. The van der Waals surface area contributed by atoms with Crippen molar-refractivity contribution in [3.05, 3.63) is 22.8 Å². The summed E-state index contributed by atoms with van der Waals surface area (Å²) >= 11 is 5.98. The van der Waals surface area contributed by atoms with Crippen molar-refractivity contribution in [1.29, 1.82) is 0 Å². The summed E-state index contributed by atoms with van der Waals surface area (Å²) in [7, 11) is 2.11. The van der Waals surface area contributed by atoms with Crippen LogP contribution in [0.2, 0.25) is 5.15 Å². The molecule has 0 aromatic carbocycles. The normalized spacial score (nSPS) is 18.7. The summed E-state index contributed by atoms with van der Waals surface area (Å²) in [6.07, 6.45) is 2.13. The molecule has 116 valence electrons. The minimum atomic E-state index is -0.0894. The molecule has 21 heavy (non-hydrogen) atoms. The van der Waals surface area contributed by atoms with Gasteiger partial charge in [0.15, 0.2) is 0 Å². The lowest BCUT2D eigenvalue weighted by Gasteiger charge is -2.12. The van der Waals surface area contributed by atoms with Gasteiger partial charge in [-0.2, -0.15) is 0 Å². The van der Waals surface area contributed by atoms with E-state index in [1.165, 1.54) is 0 Å². The molecule has 5 nitrogen and oxygen atoms in total. The number of carbonyl (C=O) groups excluding carboxylic acids is 1. The van der Waals surface area contributed by atoms with Gasteiger partial charge in [-0.1, -0.05) is 18.5 Å². The lowest BCUT2D eigenvalue weighted by molar-refractivity contribution is 0.0947. The number of hydrogen-bond acceptors (Lipinski definition) is 4.